The molecule has 0 saturated carbocycles. The molecule has 1 aliphatic heterocycles. The molecule has 0 radical (unpaired) electrons. The Bertz CT molecular complexity index is 849. The van der Waals surface area contributed by atoms with Gasteiger partial charge >= 0.3 is 6.18 Å². The van der Waals surface area contributed by atoms with Crippen molar-refractivity contribution >= 4 is 17.3 Å². The second-order valence-electron chi connectivity index (χ2n) is 6.59. The van der Waals surface area contributed by atoms with Crippen LogP contribution in [0.2, 0.25) is 0 Å². The number of nitrogens with zero attached hydrogens (tertiary/aromatic N) is 2. The molecule has 2 heterocycles. The highest BCUT2D eigenvalue weighted by atomic mass is 19.4. The third kappa shape index (κ3) is 5.08. The van der Waals surface area contributed by atoms with Crippen LogP contribution in [-0.2, 0) is 11.0 Å². The number of H-pyrrole nitrogens is 1. The number of nitrogens with one attached hydrogen (secondary N) is 2. The van der Waals surface area contributed by atoms with Gasteiger partial charge in [0.2, 0.25) is 5.91 Å². The van der Waals surface area contributed by atoms with Crippen molar-refractivity contribution < 1.29 is 18.0 Å². The Morgan fingerprint density at radius 3 is 2.70 bits per heavy atom. The second kappa shape index (κ2) is 7.81. The highest BCUT2D eigenvalue weighted by molar-refractivity contribution is 5.90. The molecule has 3 rings (SSSR count). The fraction of sp³-hybridized carbons (Fsp3) is 0.389. The number of carbonyl (C=O) groups excluding carboxylic acids is 1. The summed E-state index contributed by atoms with van der Waals surface area (Å²) in [5.41, 5.74) is 0.00982. The van der Waals surface area contributed by atoms with Crippen molar-refractivity contribution in [3.05, 3.63) is 52.4 Å². The largest absolute Gasteiger partial charge is 0.416 e. The number of hydrogen-bond acceptors (Lipinski definition) is 4. The van der Waals surface area contributed by atoms with Gasteiger partial charge in [-0.2, -0.15) is 18.3 Å². The van der Waals surface area contributed by atoms with Gasteiger partial charge in [0.25, 0.3) is 5.56 Å². The molecule has 1 saturated heterocycles. The highest BCUT2D eigenvalue weighted by Crippen LogP contribution is 2.30. The van der Waals surface area contributed by atoms with Crippen LogP contribution in [0.1, 0.15) is 24.8 Å². The molecule has 1 fully saturated rings. The van der Waals surface area contributed by atoms with E-state index in [2.05, 4.69) is 15.5 Å². The molecule has 2 N–H and O–H groups in total. The molecule has 27 heavy (non-hydrogen) atoms. The Balaban J connectivity index is 1.56. The average molecular weight is 380 g/mol. The van der Waals surface area contributed by atoms with Gasteiger partial charge in [-0.3, -0.25) is 9.59 Å². The third-order valence-electron chi connectivity index (χ3n) is 4.50. The SMILES string of the molecule is O=C(CC1CCCN(c2cn[nH]c(=O)c2)C1)Nc1ccc(C(F)(F)F)cc1. The van der Waals surface area contributed by atoms with E-state index in [0.717, 1.165) is 31.5 Å². The van der Waals surface area contributed by atoms with Crippen LogP contribution in [0.3, 0.4) is 0 Å². The molecular formula is C18H19F3N4O2. The van der Waals surface area contributed by atoms with Crippen LogP contribution in [0.25, 0.3) is 0 Å². The van der Waals surface area contributed by atoms with E-state index in [1.165, 1.54) is 18.2 Å². The molecule has 1 atom stereocenters. The predicted octanol–water partition coefficient (Wildman–Crippen LogP) is 3.03. The first-order chi connectivity index (χ1) is 12.8. The van der Waals surface area contributed by atoms with Crippen LogP contribution in [0, 0.1) is 5.92 Å². The van der Waals surface area contributed by atoms with Crippen LogP contribution in [0.5, 0.6) is 0 Å². The van der Waals surface area contributed by atoms with Crippen molar-refractivity contribution in [2.45, 2.75) is 25.4 Å². The second-order valence-corrected chi connectivity index (χ2v) is 6.59. The molecule has 0 bridgehead atoms. The minimum absolute atomic E-state index is 0.0903. The van der Waals surface area contributed by atoms with E-state index in [-0.39, 0.29) is 23.8 Å². The van der Waals surface area contributed by atoms with Crippen molar-refractivity contribution in [1.82, 2.24) is 10.2 Å². The molecule has 6 nitrogen and oxygen atoms in total. The lowest BCUT2D eigenvalue weighted by molar-refractivity contribution is -0.137. The van der Waals surface area contributed by atoms with Gasteiger partial charge in [0.05, 0.1) is 17.4 Å². The van der Waals surface area contributed by atoms with E-state index in [4.69, 9.17) is 0 Å². The van der Waals surface area contributed by atoms with Gasteiger partial charge in [-0.15, -0.1) is 0 Å². The Morgan fingerprint density at radius 1 is 1.30 bits per heavy atom. The average Bonchev–Trinajstić information content (AvgIpc) is 2.61. The standard InChI is InChI=1S/C18H19F3N4O2/c19-18(20,21)13-3-5-14(6-4-13)23-16(26)8-12-2-1-7-25(11-12)15-9-17(27)24-22-10-15/h3-6,9-10,12H,1-2,7-8,11H2,(H,23,26)(H,24,27). The molecule has 1 aromatic heterocycles. The molecular weight excluding hydrogens is 361 g/mol. The van der Waals surface area contributed by atoms with Gasteiger partial charge in [-0.25, -0.2) is 5.10 Å². The minimum atomic E-state index is -4.40. The zero-order valence-corrected chi connectivity index (χ0v) is 14.4. The zero-order valence-electron chi connectivity index (χ0n) is 14.4. The summed E-state index contributed by atoms with van der Waals surface area (Å²) in [6, 6.07) is 5.85. The number of hydrogen-bond donors (Lipinski definition) is 2. The number of piperidine rings is 1. The minimum Gasteiger partial charge on any atom is -0.370 e. The van der Waals surface area contributed by atoms with Crippen molar-refractivity contribution in [2.24, 2.45) is 5.92 Å². The summed E-state index contributed by atoms with van der Waals surface area (Å²) in [5, 5.41) is 8.75. The molecule has 1 aliphatic rings. The summed E-state index contributed by atoms with van der Waals surface area (Å²) in [4.78, 5) is 25.7. The van der Waals surface area contributed by atoms with Gasteiger partial charge in [-0.05, 0) is 43.0 Å². The molecule has 2 aromatic rings. The summed E-state index contributed by atoms with van der Waals surface area (Å²) in [6.45, 7) is 1.40. The van der Waals surface area contributed by atoms with Crippen LogP contribution in [-0.4, -0.2) is 29.2 Å². The monoisotopic (exact) mass is 380 g/mol. The molecule has 0 spiro atoms. The maximum absolute atomic E-state index is 12.6. The molecule has 144 valence electrons. The quantitative estimate of drug-likeness (QED) is 0.855. The Kier molecular flexibility index (Phi) is 5.48. The molecule has 1 aromatic carbocycles. The first-order valence-electron chi connectivity index (χ1n) is 8.58. The number of anilines is 2. The van der Waals surface area contributed by atoms with Crippen LogP contribution in [0.15, 0.2) is 41.3 Å². The van der Waals surface area contributed by atoms with Crippen molar-refractivity contribution in [2.75, 3.05) is 23.3 Å². The first-order valence-corrected chi connectivity index (χ1v) is 8.58. The lowest BCUT2D eigenvalue weighted by atomic mass is 9.94. The van der Waals surface area contributed by atoms with E-state index in [1.54, 1.807) is 6.20 Å². The van der Waals surface area contributed by atoms with Gasteiger partial charge < -0.3 is 10.2 Å². The number of amides is 1. The molecule has 9 heteroatoms. The maximum Gasteiger partial charge on any atom is 0.416 e. The van der Waals surface area contributed by atoms with Crippen molar-refractivity contribution in [3.63, 3.8) is 0 Å². The van der Waals surface area contributed by atoms with Gasteiger partial charge in [0.1, 0.15) is 0 Å². The normalized spacial score (nSPS) is 17.6. The summed E-state index contributed by atoms with van der Waals surface area (Å²) in [5.74, 6) is -0.155. The molecule has 1 unspecified atom stereocenters. The van der Waals surface area contributed by atoms with E-state index in [0.29, 0.717) is 17.9 Å². The Hall–Kier alpha value is -2.84. The first kappa shape index (κ1) is 18.9. The number of benzene rings is 1. The smallest absolute Gasteiger partial charge is 0.370 e. The molecule has 0 aliphatic carbocycles. The fourth-order valence-electron chi connectivity index (χ4n) is 3.22. The number of carbonyl (C=O) groups is 1. The lowest BCUT2D eigenvalue weighted by Crippen LogP contribution is -2.37. The van der Waals surface area contributed by atoms with Gasteiger partial charge in [0.15, 0.2) is 0 Å². The number of aromatic amines is 1. The number of rotatable bonds is 4. The summed E-state index contributed by atoms with van der Waals surface area (Å²) < 4.78 is 37.7. The maximum atomic E-state index is 12.6. The number of alkyl halides is 3. The van der Waals surface area contributed by atoms with Gasteiger partial charge in [0, 0.05) is 31.3 Å². The van der Waals surface area contributed by atoms with E-state index >= 15 is 0 Å². The summed E-state index contributed by atoms with van der Waals surface area (Å²) in [6.07, 6.45) is -0.819. The van der Waals surface area contributed by atoms with E-state index in [9.17, 15) is 22.8 Å². The van der Waals surface area contributed by atoms with Crippen LogP contribution >= 0.6 is 0 Å². The summed E-state index contributed by atoms with van der Waals surface area (Å²) in [7, 11) is 0. The van der Waals surface area contributed by atoms with Crippen LogP contribution < -0.4 is 15.8 Å². The van der Waals surface area contributed by atoms with E-state index in [1.807, 2.05) is 4.90 Å². The van der Waals surface area contributed by atoms with Gasteiger partial charge in [-0.1, -0.05) is 0 Å². The Labute approximate surface area is 153 Å². The topological polar surface area (TPSA) is 78.1 Å². The summed E-state index contributed by atoms with van der Waals surface area (Å²) >= 11 is 0. The fourth-order valence-corrected chi connectivity index (χ4v) is 3.22. The highest BCUT2D eigenvalue weighted by Gasteiger charge is 2.30. The lowest BCUT2D eigenvalue weighted by Gasteiger charge is -2.33. The predicted molar refractivity (Wildman–Crippen MR) is 94.5 cm³/mol. The zero-order chi connectivity index (χ0) is 19.4. The number of aromatic nitrogens is 2. The third-order valence-corrected chi connectivity index (χ3v) is 4.50. The number of halogens is 3. The van der Waals surface area contributed by atoms with Crippen molar-refractivity contribution in [1.29, 1.82) is 0 Å². The van der Waals surface area contributed by atoms with E-state index < -0.39 is 11.7 Å². The van der Waals surface area contributed by atoms with Crippen LogP contribution in [0.4, 0.5) is 24.5 Å². The Morgan fingerprint density at radius 2 is 2.04 bits per heavy atom. The molecule has 1 amide bonds. The van der Waals surface area contributed by atoms with Crippen molar-refractivity contribution in [3.8, 4) is 0 Å².